The molecule has 1 aromatic rings. The molecule has 1 aromatic carbocycles. The molecule has 4 nitrogen and oxygen atoms in total. The first-order valence-corrected chi connectivity index (χ1v) is 9.82. The van der Waals surface area contributed by atoms with Crippen molar-refractivity contribution < 1.29 is 9.59 Å². The minimum atomic E-state index is -0.0875. The molecule has 0 radical (unpaired) electrons. The van der Waals surface area contributed by atoms with Gasteiger partial charge in [-0.15, -0.1) is 11.8 Å². The highest BCUT2D eigenvalue weighted by atomic mass is 32.2. The third kappa shape index (κ3) is 4.76. The van der Waals surface area contributed by atoms with Crippen LogP contribution in [0, 0.1) is 5.92 Å². The summed E-state index contributed by atoms with van der Waals surface area (Å²) in [6.07, 6.45) is 1.12. The van der Waals surface area contributed by atoms with Crippen LogP contribution in [-0.2, 0) is 9.59 Å². The Morgan fingerprint density at radius 1 is 1.21 bits per heavy atom. The first-order valence-electron chi connectivity index (χ1n) is 8.67. The standard InChI is InChI=1S/C19H28N2O2S/c1-5-14(4)15-6-8-16(9-7-15)19(13(2)3)20-17(22)10-21-12-24-11-18(21)23/h6-9,13-14,19H,5,10-12H2,1-4H3,(H,20,22)/t14-,19-/m0/s1. The summed E-state index contributed by atoms with van der Waals surface area (Å²) in [7, 11) is 0. The molecule has 0 aromatic heterocycles. The molecule has 1 saturated heterocycles. The fraction of sp³-hybridized carbons (Fsp3) is 0.579. The summed E-state index contributed by atoms with van der Waals surface area (Å²) in [5.74, 6) is 1.89. The molecule has 1 aliphatic rings. The van der Waals surface area contributed by atoms with Crippen LogP contribution in [0.3, 0.4) is 0 Å². The summed E-state index contributed by atoms with van der Waals surface area (Å²) in [6, 6.07) is 8.51. The van der Waals surface area contributed by atoms with Crippen molar-refractivity contribution in [1.82, 2.24) is 10.2 Å². The number of nitrogens with one attached hydrogen (secondary N) is 1. The van der Waals surface area contributed by atoms with Gasteiger partial charge in [0, 0.05) is 0 Å². The average molecular weight is 349 g/mol. The highest BCUT2D eigenvalue weighted by Crippen LogP contribution is 2.25. The third-order valence-corrected chi connectivity index (χ3v) is 5.57. The minimum Gasteiger partial charge on any atom is -0.347 e. The summed E-state index contributed by atoms with van der Waals surface area (Å²) in [6.45, 7) is 8.77. The summed E-state index contributed by atoms with van der Waals surface area (Å²) >= 11 is 1.56. The lowest BCUT2D eigenvalue weighted by molar-refractivity contribution is -0.132. The average Bonchev–Trinajstić information content (AvgIpc) is 2.96. The molecule has 0 unspecified atom stereocenters. The zero-order valence-electron chi connectivity index (χ0n) is 15.0. The van der Waals surface area contributed by atoms with Crippen LogP contribution in [0.4, 0.5) is 0 Å². The second kappa shape index (κ2) is 8.56. The van der Waals surface area contributed by atoms with Crippen molar-refractivity contribution >= 4 is 23.6 Å². The van der Waals surface area contributed by atoms with E-state index in [4.69, 9.17) is 0 Å². The molecular formula is C19H28N2O2S. The fourth-order valence-corrected chi connectivity index (χ4v) is 3.74. The molecule has 2 atom stereocenters. The summed E-state index contributed by atoms with van der Waals surface area (Å²) in [5.41, 5.74) is 2.45. The first kappa shape index (κ1) is 18.8. The molecule has 1 heterocycles. The van der Waals surface area contributed by atoms with Crippen molar-refractivity contribution in [3.8, 4) is 0 Å². The van der Waals surface area contributed by atoms with E-state index in [-0.39, 0.29) is 30.3 Å². The number of hydrogen-bond acceptors (Lipinski definition) is 3. The zero-order valence-corrected chi connectivity index (χ0v) is 15.9. The largest absolute Gasteiger partial charge is 0.347 e. The van der Waals surface area contributed by atoms with Gasteiger partial charge in [0.1, 0.15) is 6.54 Å². The zero-order chi connectivity index (χ0) is 17.7. The van der Waals surface area contributed by atoms with Crippen LogP contribution in [-0.4, -0.2) is 34.9 Å². The van der Waals surface area contributed by atoms with Gasteiger partial charge in [-0.3, -0.25) is 9.59 Å². The van der Waals surface area contributed by atoms with Gasteiger partial charge in [0.15, 0.2) is 0 Å². The van der Waals surface area contributed by atoms with Gasteiger partial charge in [-0.05, 0) is 29.4 Å². The number of carbonyl (C=O) groups excluding carboxylic acids is 2. The van der Waals surface area contributed by atoms with E-state index in [0.717, 1.165) is 12.0 Å². The molecule has 5 heteroatoms. The second-order valence-corrected chi connectivity index (χ2v) is 7.79. The van der Waals surface area contributed by atoms with Gasteiger partial charge in [-0.2, -0.15) is 0 Å². The summed E-state index contributed by atoms with van der Waals surface area (Å²) < 4.78 is 0. The lowest BCUT2D eigenvalue weighted by atomic mass is 9.92. The van der Waals surface area contributed by atoms with Crippen molar-refractivity contribution in [2.24, 2.45) is 5.92 Å². The Bertz CT molecular complexity index is 571. The van der Waals surface area contributed by atoms with Crippen LogP contribution in [0.25, 0.3) is 0 Å². The summed E-state index contributed by atoms with van der Waals surface area (Å²) in [5, 5.41) is 3.10. The lowest BCUT2D eigenvalue weighted by Crippen LogP contribution is -2.40. The number of amides is 2. The van der Waals surface area contributed by atoms with Crippen LogP contribution in [0.2, 0.25) is 0 Å². The Morgan fingerprint density at radius 3 is 2.33 bits per heavy atom. The van der Waals surface area contributed by atoms with E-state index < -0.39 is 0 Å². The van der Waals surface area contributed by atoms with Crippen molar-refractivity contribution in [2.75, 3.05) is 18.2 Å². The Labute approximate surface area is 149 Å². The van der Waals surface area contributed by atoms with E-state index in [1.807, 2.05) is 0 Å². The van der Waals surface area contributed by atoms with Gasteiger partial charge in [-0.1, -0.05) is 52.0 Å². The second-order valence-electron chi connectivity index (χ2n) is 6.83. The van der Waals surface area contributed by atoms with E-state index in [0.29, 0.717) is 17.5 Å². The minimum absolute atomic E-state index is 0.0335. The highest BCUT2D eigenvalue weighted by molar-refractivity contribution is 8.00. The molecule has 1 aliphatic heterocycles. The normalized spacial score (nSPS) is 17.2. The topological polar surface area (TPSA) is 49.4 Å². The smallest absolute Gasteiger partial charge is 0.240 e. The van der Waals surface area contributed by atoms with Gasteiger partial charge < -0.3 is 10.2 Å². The number of benzene rings is 1. The Balaban J connectivity index is 2.03. The maximum absolute atomic E-state index is 12.3. The van der Waals surface area contributed by atoms with Crippen LogP contribution >= 0.6 is 11.8 Å². The van der Waals surface area contributed by atoms with Crippen molar-refractivity contribution in [3.63, 3.8) is 0 Å². The van der Waals surface area contributed by atoms with E-state index in [1.54, 1.807) is 16.7 Å². The van der Waals surface area contributed by atoms with Gasteiger partial charge in [0.2, 0.25) is 11.8 Å². The van der Waals surface area contributed by atoms with E-state index in [2.05, 4.69) is 57.3 Å². The molecule has 0 bridgehead atoms. The lowest BCUT2D eigenvalue weighted by Gasteiger charge is -2.25. The maximum Gasteiger partial charge on any atom is 0.240 e. The number of carbonyl (C=O) groups is 2. The van der Waals surface area contributed by atoms with Gasteiger partial charge in [0.25, 0.3) is 0 Å². The van der Waals surface area contributed by atoms with Crippen LogP contribution in [0.15, 0.2) is 24.3 Å². The van der Waals surface area contributed by atoms with Gasteiger partial charge in [-0.25, -0.2) is 0 Å². The molecule has 2 amide bonds. The van der Waals surface area contributed by atoms with Crippen molar-refractivity contribution in [2.45, 2.75) is 46.1 Å². The fourth-order valence-electron chi connectivity index (χ4n) is 2.84. The monoisotopic (exact) mass is 348 g/mol. The number of rotatable bonds is 7. The van der Waals surface area contributed by atoms with E-state index >= 15 is 0 Å². The number of thioether (sulfide) groups is 1. The number of nitrogens with zero attached hydrogens (tertiary/aromatic N) is 1. The molecule has 24 heavy (non-hydrogen) atoms. The maximum atomic E-state index is 12.3. The van der Waals surface area contributed by atoms with Crippen LogP contribution in [0.5, 0.6) is 0 Å². The molecule has 0 spiro atoms. The third-order valence-electron chi connectivity index (χ3n) is 4.62. The van der Waals surface area contributed by atoms with Crippen LogP contribution < -0.4 is 5.32 Å². The van der Waals surface area contributed by atoms with E-state index in [1.165, 1.54) is 5.56 Å². The molecule has 0 aliphatic carbocycles. The van der Waals surface area contributed by atoms with Gasteiger partial charge >= 0.3 is 0 Å². The van der Waals surface area contributed by atoms with Crippen molar-refractivity contribution in [3.05, 3.63) is 35.4 Å². The molecule has 132 valence electrons. The molecular weight excluding hydrogens is 320 g/mol. The Kier molecular flexibility index (Phi) is 6.72. The highest BCUT2D eigenvalue weighted by Gasteiger charge is 2.25. The summed E-state index contributed by atoms with van der Waals surface area (Å²) in [4.78, 5) is 25.6. The SMILES string of the molecule is CC[C@H](C)c1ccc([C@@H](NC(=O)CN2CSCC2=O)C(C)C)cc1. The predicted molar refractivity (Wildman–Crippen MR) is 99.9 cm³/mol. The Hall–Kier alpha value is -1.49. The van der Waals surface area contributed by atoms with Crippen LogP contribution in [0.1, 0.15) is 57.2 Å². The quantitative estimate of drug-likeness (QED) is 0.820. The van der Waals surface area contributed by atoms with Crippen molar-refractivity contribution in [1.29, 1.82) is 0 Å². The number of hydrogen-bond donors (Lipinski definition) is 1. The Morgan fingerprint density at radius 2 is 1.83 bits per heavy atom. The molecule has 1 N–H and O–H groups in total. The van der Waals surface area contributed by atoms with E-state index in [9.17, 15) is 9.59 Å². The van der Waals surface area contributed by atoms with Gasteiger partial charge in [0.05, 0.1) is 17.7 Å². The molecule has 2 rings (SSSR count). The molecule has 1 fully saturated rings. The predicted octanol–water partition coefficient (Wildman–Crippen LogP) is 3.55. The molecule has 0 saturated carbocycles. The first-order chi connectivity index (χ1) is 11.4.